The summed E-state index contributed by atoms with van der Waals surface area (Å²) in [5.74, 6) is -0.543. The molecule has 2 N–H and O–H groups in total. The summed E-state index contributed by atoms with van der Waals surface area (Å²) in [5.41, 5.74) is 1.53. The van der Waals surface area contributed by atoms with Crippen LogP contribution in [0.25, 0.3) is 11.0 Å². The highest BCUT2D eigenvalue weighted by atomic mass is 19.1. The number of anilines is 1. The van der Waals surface area contributed by atoms with Gasteiger partial charge in [0.05, 0.1) is 5.69 Å². The van der Waals surface area contributed by atoms with E-state index in [4.69, 9.17) is 4.42 Å². The van der Waals surface area contributed by atoms with Gasteiger partial charge in [-0.2, -0.15) is 0 Å². The van der Waals surface area contributed by atoms with E-state index in [2.05, 4.69) is 15.3 Å². The fraction of sp³-hybridized carbons (Fsp3) is 0.0455. The monoisotopic (exact) mass is 389 g/mol. The second-order valence-corrected chi connectivity index (χ2v) is 6.40. The van der Waals surface area contributed by atoms with Gasteiger partial charge >= 0.3 is 0 Å². The Morgan fingerprint density at radius 1 is 1.14 bits per heavy atom. The van der Waals surface area contributed by atoms with Gasteiger partial charge in [-0.1, -0.05) is 12.1 Å². The summed E-state index contributed by atoms with van der Waals surface area (Å²) >= 11 is 0. The number of hydrogen-bond donors (Lipinski definition) is 2. The summed E-state index contributed by atoms with van der Waals surface area (Å²) in [6.45, 7) is 1.78. The standard InChI is InChI=1S/C22H16FN3O3/c1-13-5-7-15(23)11-18(13)25-22-17(21(28)26-20-4-2-3-9-24-20)10-14-6-8-16(27)12-19(14)29-22/h2-12,27H,1H3,(H,24,26,28). The van der Waals surface area contributed by atoms with Crippen LogP contribution >= 0.6 is 0 Å². The minimum atomic E-state index is -0.477. The van der Waals surface area contributed by atoms with Gasteiger partial charge in [0.2, 0.25) is 5.55 Å². The number of amides is 1. The molecule has 0 bridgehead atoms. The van der Waals surface area contributed by atoms with Gasteiger partial charge in [-0.15, -0.1) is 0 Å². The predicted molar refractivity (Wildman–Crippen MR) is 106 cm³/mol. The van der Waals surface area contributed by atoms with E-state index in [1.165, 1.54) is 24.3 Å². The van der Waals surface area contributed by atoms with Crippen molar-refractivity contribution in [3.8, 4) is 5.75 Å². The third-order valence-corrected chi connectivity index (χ3v) is 4.28. The number of phenols is 1. The summed E-state index contributed by atoms with van der Waals surface area (Å²) in [6.07, 6.45) is 1.56. The number of rotatable bonds is 3. The van der Waals surface area contributed by atoms with Crippen LogP contribution in [-0.4, -0.2) is 16.0 Å². The Bertz CT molecular complexity index is 1280. The van der Waals surface area contributed by atoms with E-state index >= 15 is 0 Å². The first-order chi connectivity index (χ1) is 14.0. The highest BCUT2D eigenvalue weighted by molar-refractivity contribution is 6.05. The minimum absolute atomic E-state index is 0.00905. The Morgan fingerprint density at radius 2 is 2.00 bits per heavy atom. The summed E-state index contributed by atoms with van der Waals surface area (Å²) < 4.78 is 19.5. The molecule has 144 valence electrons. The van der Waals surface area contributed by atoms with Crippen LogP contribution in [0.5, 0.6) is 5.75 Å². The number of aromatic hydroxyl groups is 1. The van der Waals surface area contributed by atoms with Crippen LogP contribution < -0.4 is 10.9 Å². The van der Waals surface area contributed by atoms with Crippen molar-refractivity contribution in [1.82, 2.24) is 4.98 Å². The number of carbonyl (C=O) groups is 1. The zero-order chi connectivity index (χ0) is 20.4. The quantitative estimate of drug-likeness (QED) is 0.541. The molecule has 0 saturated heterocycles. The number of nitrogens with zero attached hydrogens (tertiary/aromatic N) is 2. The predicted octanol–water partition coefficient (Wildman–Crippen LogP) is 4.47. The molecule has 0 aliphatic heterocycles. The average Bonchev–Trinajstić information content (AvgIpc) is 2.71. The third-order valence-electron chi connectivity index (χ3n) is 4.28. The van der Waals surface area contributed by atoms with E-state index in [0.717, 1.165) is 0 Å². The van der Waals surface area contributed by atoms with E-state index in [0.29, 0.717) is 28.0 Å². The van der Waals surface area contributed by atoms with Gasteiger partial charge in [-0.05, 0) is 55.0 Å². The second kappa shape index (κ2) is 7.55. The van der Waals surface area contributed by atoms with Gasteiger partial charge < -0.3 is 14.8 Å². The van der Waals surface area contributed by atoms with Crippen molar-refractivity contribution in [1.29, 1.82) is 0 Å². The normalized spacial score (nSPS) is 11.6. The van der Waals surface area contributed by atoms with E-state index in [-0.39, 0.29) is 16.9 Å². The molecular formula is C22H16FN3O3. The maximum atomic E-state index is 13.7. The van der Waals surface area contributed by atoms with Gasteiger partial charge in [0, 0.05) is 17.6 Å². The molecule has 0 aliphatic rings. The maximum absolute atomic E-state index is 13.7. The molecule has 0 atom stereocenters. The minimum Gasteiger partial charge on any atom is -0.508 e. The van der Waals surface area contributed by atoms with Crippen LogP contribution in [0.15, 0.2) is 76.3 Å². The maximum Gasteiger partial charge on any atom is 0.262 e. The van der Waals surface area contributed by atoms with Gasteiger partial charge in [-0.3, -0.25) is 4.79 Å². The molecule has 0 unspecified atom stereocenters. The van der Waals surface area contributed by atoms with Gasteiger partial charge in [0.25, 0.3) is 5.91 Å². The number of aromatic nitrogens is 1. The fourth-order valence-electron chi connectivity index (χ4n) is 2.79. The molecule has 2 heterocycles. The molecule has 0 spiro atoms. The molecule has 7 heteroatoms. The van der Waals surface area contributed by atoms with Crippen molar-refractivity contribution >= 4 is 28.4 Å². The Hall–Kier alpha value is -4.00. The molecule has 2 aromatic carbocycles. The van der Waals surface area contributed by atoms with Crippen LogP contribution in [0, 0.1) is 12.7 Å². The van der Waals surface area contributed by atoms with E-state index in [1.807, 2.05) is 0 Å². The Morgan fingerprint density at radius 3 is 2.79 bits per heavy atom. The molecule has 29 heavy (non-hydrogen) atoms. The molecular weight excluding hydrogens is 373 g/mol. The Labute approximate surface area is 165 Å². The van der Waals surface area contributed by atoms with E-state index in [9.17, 15) is 14.3 Å². The van der Waals surface area contributed by atoms with Crippen molar-refractivity contribution in [2.24, 2.45) is 4.99 Å². The third kappa shape index (κ3) is 3.98. The van der Waals surface area contributed by atoms with Crippen LogP contribution in [-0.2, 0) is 0 Å². The zero-order valence-corrected chi connectivity index (χ0v) is 15.4. The lowest BCUT2D eigenvalue weighted by Gasteiger charge is -2.07. The average molecular weight is 389 g/mol. The largest absolute Gasteiger partial charge is 0.508 e. The molecule has 6 nitrogen and oxygen atoms in total. The first-order valence-corrected chi connectivity index (χ1v) is 8.80. The topological polar surface area (TPSA) is 87.7 Å². The number of hydrogen-bond acceptors (Lipinski definition) is 5. The van der Waals surface area contributed by atoms with Crippen molar-refractivity contribution in [3.63, 3.8) is 0 Å². The molecule has 0 aliphatic carbocycles. The van der Waals surface area contributed by atoms with E-state index in [1.54, 1.807) is 49.5 Å². The Kier molecular flexibility index (Phi) is 4.78. The molecule has 0 radical (unpaired) electrons. The first kappa shape index (κ1) is 18.4. The molecule has 0 saturated carbocycles. The van der Waals surface area contributed by atoms with Gasteiger partial charge in [0.1, 0.15) is 28.5 Å². The van der Waals surface area contributed by atoms with Crippen molar-refractivity contribution < 1.29 is 18.7 Å². The molecule has 4 rings (SSSR count). The highest BCUT2D eigenvalue weighted by Gasteiger charge is 2.14. The van der Waals surface area contributed by atoms with Crippen molar-refractivity contribution in [2.45, 2.75) is 6.92 Å². The lowest BCUT2D eigenvalue weighted by Crippen LogP contribution is -2.22. The Balaban J connectivity index is 1.90. The number of fused-ring (bicyclic) bond motifs is 1. The zero-order valence-electron chi connectivity index (χ0n) is 15.4. The van der Waals surface area contributed by atoms with Crippen molar-refractivity contribution in [3.05, 3.63) is 89.4 Å². The molecule has 1 amide bonds. The van der Waals surface area contributed by atoms with Crippen LogP contribution in [0.4, 0.5) is 15.9 Å². The molecule has 4 aromatic rings. The summed E-state index contributed by atoms with van der Waals surface area (Å²) in [7, 11) is 0. The van der Waals surface area contributed by atoms with Crippen LogP contribution in [0.2, 0.25) is 0 Å². The van der Waals surface area contributed by atoms with Gasteiger partial charge in [0.15, 0.2) is 0 Å². The number of phenolic OH excluding ortho intramolecular Hbond substituents is 1. The number of nitrogens with one attached hydrogen (secondary N) is 1. The van der Waals surface area contributed by atoms with Crippen LogP contribution in [0.1, 0.15) is 15.9 Å². The highest BCUT2D eigenvalue weighted by Crippen LogP contribution is 2.22. The van der Waals surface area contributed by atoms with Gasteiger partial charge in [-0.25, -0.2) is 14.4 Å². The molecule has 0 fully saturated rings. The number of aryl methyl sites for hydroxylation is 1. The first-order valence-electron chi connectivity index (χ1n) is 8.80. The van der Waals surface area contributed by atoms with Crippen LogP contribution in [0.3, 0.4) is 0 Å². The number of benzene rings is 2. The van der Waals surface area contributed by atoms with E-state index < -0.39 is 11.7 Å². The lowest BCUT2D eigenvalue weighted by atomic mass is 10.1. The number of carbonyl (C=O) groups excluding carboxylic acids is 1. The summed E-state index contributed by atoms with van der Waals surface area (Å²) in [5, 5.41) is 13.0. The summed E-state index contributed by atoms with van der Waals surface area (Å²) in [4.78, 5) is 21.3. The van der Waals surface area contributed by atoms with Crippen molar-refractivity contribution in [2.75, 3.05) is 5.32 Å². The molecule has 2 aromatic heterocycles. The summed E-state index contributed by atoms with van der Waals surface area (Å²) in [6, 6.07) is 15.5. The number of halogens is 1. The second-order valence-electron chi connectivity index (χ2n) is 6.40. The SMILES string of the molecule is Cc1ccc(F)cc1N=c1oc2cc(O)ccc2cc1C(=O)Nc1ccccn1. The fourth-order valence-corrected chi connectivity index (χ4v) is 2.79. The number of pyridine rings is 1. The lowest BCUT2D eigenvalue weighted by molar-refractivity contribution is 0.102. The smallest absolute Gasteiger partial charge is 0.262 e.